The number of carbonyl (C=O) groups is 1. The number of ether oxygens (including phenoxy) is 1. The van der Waals surface area contributed by atoms with Crippen LogP contribution in [0.25, 0.3) is 22.3 Å². The quantitative estimate of drug-likeness (QED) is 0.257. The van der Waals surface area contributed by atoms with Gasteiger partial charge >= 0.3 is 0 Å². The number of nitrogens with zero attached hydrogens (tertiary/aromatic N) is 4. The fourth-order valence-corrected chi connectivity index (χ4v) is 5.21. The summed E-state index contributed by atoms with van der Waals surface area (Å²) >= 11 is 3.58. The third kappa shape index (κ3) is 7.62. The Morgan fingerprint density at radius 3 is 2.56 bits per heavy atom. The number of nitrogens with one attached hydrogen (secondary N) is 1. The van der Waals surface area contributed by atoms with E-state index in [1.54, 1.807) is 0 Å². The van der Waals surface area contributed by atoms with Crippen molar-refractivity contribution in [2.24, 2.45) is 0 Å². The summed E-state index contributed by atoms with van der Waals surface area (Å²) < 4.78 is 6.49. The first-order chi connectivity index (χ1) is 19.2. The van der Waals surface area contributed by atoms with Crippen molar-refractivity contribution < 1.29 is 9.53 Å². The van der Waals surface area contributed by atoms with Crippen molar-refractivity contribution in [2.45, 2.75) is 19.4 Å². The fraction of sp³-hybridized carbons (Fsp3) is 0.323. The van der Waals surface area contributed by atoms with E-state index in [2.05, 4.69) is 37.1 Å². The number of anilines is 1. The Bertz CT molecular complexity index is 1380. The largest absolute Gasteiger partial charge is 0.379 e. The van der Waals surface area contributed by atoms with Crippen LogP contribution in [0.2, 0.25) is 0 Å². The molecule has 0 spiro atoms. The van der Waals surface area contributed by atoms with Crippen LogP contribution in [0.4, 0.5) is 5.82 Å². The highest BCUT2D eigenvalue weighted by Gasteiger charge is 2.18. The van der Waals surface area contributed by atoms with Gasteiger partial charge < -0.3 is 15.0 Å². The van der Waals surface area contributed by atoms with Crippen molar-refractivity contribution in [3.63, 3.8) is 0 Å². The predicted octanol–water partition coefficient (Wildman–Crippen LogP) is 5.29. The Morgan fingerprint density at radius 2 is 1.74 bits per heavy atom. The topological polar surface area (TPSA) is 70.6 Å². The monoisotopic (exact) mass is 587 g/mol. The molecule has 1 aromatic heterocycles. The van der Waals surface area contributed by atoms with Gasteiger partial charge in [0.25, 0.3) is 0 Å². The molecule has 8 heteroatoms. The van der Waals surface area contributed by atoms with E-state index in [0.717, 1.165) is 78.1 Å². The fourth-order valence-electron chi connectivity index (χ4n) is 4.81. The Labute approximate surface area is 238 Å². The number of benzene rings is 3. The van der Waals surface area contributed by atoms with E-state index in [9.17, 15) is 4.79 Å². The van der Waals surface area contributed by atoms with Gasteiger partial charge in [-0.15, -0.1) is 0 Å². The number of hydrogen-bond donors (Lipinski definition) is 1. The molecule has 0 atom stereocenters. The van der Waals surface area contributed by atoms with Gasteiger partial charge in [0.1, 0.15) is 5.82 Å². The molecule has 202 valence electrons. The Hall–Kier alpha value is -3.33. The second-order valence-electron chi connectivity index (χ2n) is 9.71. The predicted molar refractivity (Wildman–Crippen MR) is 160 cm³/mol. The van der Waals surface area contributed by atoms with Crippen LogP contribution in [-0.2, 0) is 16.1 Å². The minimum Gasteiger partial charge on any atom is -0.379 e. The number of fused-ring (bicyclic) bond motifs is 1. The minimum absolute atomic E-state index is 0.0302. The zero-order valence-electron chi connectivity index (χ0n) is 22.1. The SMILES string of the molecule is O=C(CCN(CCCN1CCOCC1)c1nc(-c2cccc(Br)c2)nc2ccccc12)NCc1ccccc1. The van der Waals surface area contributed by atoms with E-state index in [0.29, 0.717) is 25.3 Å². The van der Waals surface area contributed by atoms with Gasteiger partial charge in [-0.05, 0) is 36.2 Å². The lowest BCUT2D eigenvalue weighted by atomic mass is 10.1. The molecule has 1 amide bonds. The molecule has 2 heterocycles. The van der Waals surface area contributed by atoms with Crippen LogP contribution in [0.15, 0.2) is 83.3 Å². The normalized spacial score (nSPS) is 13.9. The number of aromatic nitrogens is 2. The van der Waals surface area contributed by atoms with Crippen LogP contribution in [0.1, 0.15) is 18.4 Å². The highest BCUT2D eigenvalue weighted by molar-refractivity contribution is 9.10. The highest BCUT2D eigenvalue weighted by atomic mass is 79.9. The molecule has 0 aliphatic carbocycles. The van der Waals surface area contributed by atoms with Crippen LogP contribution in [0.5, 0.6) is 0 Å². The maximum atomic E-state index is 12.9. The third-order valence-electron chi connectivity index (χ3n) is 6.91. The van der Waals surface area contributed by atoms with Gasteiger partial charge in [-0.25, -0.2) is 9.97 Å². The zero-order valence-corrected chi connectivity index (χ0v) is 23.6. The van der Waals surface area contributed by atoms with Crippen LogP contribution in [0, 0.1) is 0 Å². The van der Waals surface area contributed by atoms with E-state index >= 15 is 0 Å². The molecular formula is C31H34BrN5O2. The summed E-state index contributed by atoms with van der Waals surface area (Å²) in [6.07, 6.45) is 1.35. The van der Waals surface area contributed by atoms with E-state index in [4.69, 9.17) is 14.7 Å². The summed E-state index contributed by atoms with van der Waals surface area (Å²) in [6.45, 7) is 6.39. The van der Waals surface area contributed by atoms with Crippen molar-refractivity contribution in [2.75, 3.05) is 50.8 Å². The van der Waals surface area contributed by atoms with Gasteiger partial charge in [0.2, 0.25) is 5.91 Å². The number of rotatable bonds is 11. The summed E-state index contributed by atoms with van der Waals surface area (Å²) in [5.74, 6) is 1.58. The lowest BCUT2D eigenvalue weighted by Crippen LogP contribution is -2.39. The van der Waals surface area contributed by atoms with Gasteiger partial charge in [0, 0.05) is 61.1 Å². The zero-order chi connectivity index (χ0) is 26.9. The maximum Gasteiger partial charge on any atom is 0.222 e. The van der Waals surface area contributed by atoms with E-state index < -0.39 is 0 Å². The van der Waals surface area contributed by atoms with Crippen LogP contribution in [0.3, 0.4) is 0 Å². The molecule has 1 aliphatic rings. The summed E-state index contributed by atoms with van der Waals surface area (Å²) in [4.78, 5) is 27.5. The third-order valence-corrected chi connectivity index (χ3v) is 7.41. The first kappa shape index (κ1) is 27.2. The molecule has 0 saturated carbocycles. The smallest absolute Gasteiger partial charge is 0.222 e. The Balaban J connectivity index is 1.37. The molecule has 7 nitrogen and oxygen atoms in total. The van der Waals surface area contributed by atoms with Crippen molar-refractivity contribution >= 4 is 38.6 Å². The number of morpholine rings is 1. The summed E-state index contributed by atoms with van der Waals surface area (Å²) in [5.41, 5.74) is 2.93. The molecule has 5 rings (SSSR count). The van der Waals surface area contributed by atoms with Crippen molar-refractivity contribution in [3.05, 3.63) is 88.9 Å². The van der Waals surface area contributed by atoms with Crippen LogP contribution >= 0.6 is 15.9 Å². The van der Waals surface area contributed by atoms with E-state index in [-0.39, 0.29) is 5.91 Å². The van der Waals surface area contributed by atoms with E-state index in [1.807, 2.05) is 72.8 Å². The molecule has 1 fully saturated rings. The molecule has 0 unspecified atom stereocenters. The van der Waals surface area contributed by atoms with Crippen LogP contribution < -0.4 is 10.2 Å². The minimum atomic E-state index is 0.0302. The van der Waals surface area contributed by atoms with E-state index in [1.165, 1.54) is 0 Å². The first-order valence-electron chi connectivity index (χ1n) is 13.5. The number of para-hydroxylation sites is 1. The van der Waals surface area contributed by atoms with Gasteiger partial charge in [-0.3, -0.25) is 9.69 Å². The lowest BCUT2D eigenvalue weighted by molar-refractivity contribution is -0.121. The van der Waals surface area contributed by atoms with Crippen molar-refractivity contribution in [1.82, 2.24) is 20.2 Å². The van der Waals surface area contributed by atoms with Crippen molar-refractivity contribution in [3.8, 4) is 11.4 Å². The van der Waals surface area contributed by atoms with Gasteiger partial charge in [-0.2, -0.15) is 0 Å². The lowest BCUT2D eigenvalue weighted by Gasteiger charge is -2.29. The average Bonchev–Trinajstić information content (AvgIpc) is 2.98. The molecule has 3 aromatic carbocycles. The maximum absolute atomic E-state index is 12.9. The molecule has 1 N–H and O–H groups in total. The number of carbonyl (C=O) groups excluding carboxylic acids is 1. The molecule has 39 heavy (non-hydrogen) atoms. The molecule has 1 aliphatic heterocycles. The molecule has 4 aromatic rings. The average molecular weight is 589 g/mol. The molecule has 0 bridgehead atoms. The Kier molecular flexibility index (Phi) is 9.53. The van der Waals surface area contributed by atoms with Crippen LogP contribution in [-0.4, -0.2) is 66.7 Å². The van der Waals surface area contributed by atoms with Gasteiger partial charge in [0.15, 0.2) is 5.82 Å². The number of halogens is 1. The summed E-state index contributed by atoms with van der Waals surface area (Å²) in [6, 6.07) is 26.2. The molecule has 1 saturated heterocycles. The number of hydrogen-bond acceptors (Lipinski definition) is 6. The van der Waals surface area contributed by atoms with Gasteiger partial charge in [0.05, 0.1) is 18.7 Å². The number of amides is 1. The summed E-state index contributed by atoms with van der Waals surface area (Å²) in [7, 11) is 0. The Morgan fingerprint density at radius 1 is 0.949 bits per heavy atom. The highest BCUT2D eigenvalue weighted by Crippen LogP contribution is 2.29. The molecule has 0 radical (unpaired) electrons. The first-order valence-corrected chi connectivity index (χ1v) is 14.3. The standard InChI is InChI=1S/C31H34BrN5O2/c32-26-11-6-10-25(22-26)30-34-28-13-5-4-12-27(28)31(35-30)37(16-7-15-36-18-20-39-21-19-36)17-14-29(38)33-23-24-8-2-1-3-9-24/h1-6,8-13,22H,7,14-21,23H2,(H,33,38). The molecular weight excluding hydrogens is 554 g/mol. The van der Waals surface area contributed by atoms with Crippen molar-refractivity contribution in [1.29, 1.82) is 0 Å². The summed E-state index contributed by atoms with van der Waals surface area (Å²) in [5, 5.41) is 4.06. The second kappa shape index (κ2) is 13.6. The second-order valence-corrected chi connectivity index (χ2v) is 10.6. The van der Waals surface area contributed by atoms with Gasteiger partial charge in [-0.1, -0.05) is 70.5 Å².